The van der Waals surface area contributed by atoms with E-state index in [1.807, 2.05) is 63.3 Å². The zero-order valence-electron chi connectivity index (χ0n) is 28.3. The van der Waals surface area contributed by atoms with Crippen LogP contribution >= 0.6 is 12.0 Å². The van der Waals surface area contributed by atoms with Gasteiger partial charge in [-0.2, -0.15) is 8.91 Å². The fraction of sp³-hybridized carbons (Fsp3) is 0.351. The van der Waals surface area contributed by atoms with Gasteiger partial charge in [0.25, 0.3) is 0 Å². The number of aliphatic carboxylic acids is 1. The van der Waals surface area contributed by atoms with Crippen LogP contribution in [0, 0.1) is 0 Å². The van der Waals surface area contributed by atoms with Gasteiger partial charge in [-0.05, 0) is 92.4 Å². The molecule has 49 heavy (non-hydrogen) atoms. The minimum Gasteiger partial charge on any atom is -0.744 e. The molecule has 0 amide bonds. The third kappa shape index (κ3) is 7.40. The molecule has 2 aliphatic rings. The number of unbranched alkanes of at least 4 members (excludes halogenated alkanes) is 2. The number of anilines is 1. The van der Waals surface area contributed by atoms with Crippen molar-refractivity contribution >= 4 is 56.0 Å². The lowest BCUT2D eigenvalue weighted by molar-refractivity contribution is -0.777. The third-order valence-electron chi connectivity index (χ3n) is 9.45. The molecule has 0 spiro atoms. The third-order valence-corrected chi connectivity index (χ3v) is 10.8. The van der Waals surface area contributed by atoms with Crippen LogP contribution < -0.4 is 10.2 Å². The van der Waals surface area contributed by atoms with Crippen LogP contribution in [-0.4, -0.2) is 47.4 Å². The Balaban J connectivity index is 1.46. The average Bonchev–Trinajstić information content (AvgIpc) is 3.40. The van der Waals surface area contributed by atoms with Crippen LogP contribution in [0.5, 0.6) is 0 Å². The quantitative estimate of drug-likeness (QED) is 0.0362. The van der Waals surface area contributed by atoms with E-state index in [0.717, 1.165) is 75.4 Å². The van der Waals surface area contributed by atoms with Crippen molar-refractivity contribution in [1.82, 2.24) is 0 Å². The fourth-order valence-corrected chi connectivity index (χ4v) is 8.05. The number of benzene rings is 3. The molecule has 10 nitrogen and oxygen atoms in total. The van der Waals surface area contributed by atoms with Gasteiger partial charge in [-0.3, -0.25) is 9.83 Å². The van der Waals surface area contributed by atoms with Gasteiger partial charge in [0, 0.05) is 58.8 Å². The SMILES string of the molecule is CCN1C(=C/C=C/C=C/C2=[N+](CCCCCC(=O)O)c3ccc4cc(SOO[O-])ccc4c3C2(C)C)C(C)(C)c2cc(S(=O)(=O)[O-])ccc21. The number of hydrogen-bond donors (Lipinski definition) is 1. The Morgan fingerprint density at radius 3 is 2.47 bits per heavy atom. The molecule has 3 aromatic rings. The van der Waals surface area contributed by atoms with Crippen molar-refractivity contribution in [2.24, 2.45) is 0 Å². The maximum absolute atomic E-state index is 11.7. The van der Waals surface area contributed by atoms with Crippen LogP contribution in [0.3, 0.4) is 0 Å². The fourth-order valence-electron chi connectivity index (χ4n) is 7.15. The largest absolute Gasteiger partial charge is 0.744 e. The molecule has 1 N–H and O–H groups in total. The first kappa shape index (κ1) is 36.5. The van der Waals surface area contributed by atoms with Gasteiger partial charge in [0.2, 0.25) is 5.69 Å². The van der Waals surface area contributed by atoms with E-state index in [0.29, 0.717) is 13.0 Å². The van der Waals surface area contributed by atoms with Gasteiger partial charge in [-0.1, -0.05) is 38.1 Å². The lowest BCUT2D eigenvalue weighted by Gasteiger charge is -2.25. The van der Waals surface area contributed by atoms with Crippen molar-refractivity contribution in [3.63, 3.8) is 0 Å². The zero-order valence-corrected chi connectivity index (χ0v) is 29.9. The van der Waals surface area contributed by atoms with Crippen molar-refractivity contribution in [3.8, 4) is 0 Å². The van der Waals surface area contributed by atoms with Crippen LogP contribution in [0.15, 0.2) is 94.4 Å². The molecule has 0 saturated heterocycles. The van der Waals surface area contributed by atoms with Crippen LogP contribution in [0.4, 0.5) is 11.4 Å². The molecule has 2 aliphatic heterocycles. The summed E-state index contributed by atoms with van der Waals surface area (Å²) >= 11 is 0.856. The Morgan fingerprint density at radius 2 is 1.78 bits per heavy atom. The van der Waals surface area contributed by atoms with Gasteiger partial charge in [0.1, 0.15) is 16.7 Å². The first-order valence-electron chi connectivity index (χ1n) is 16.2. The Labute approximate surface area is 291 Å². The summed E-state index contributed by atoms with van der Waals surface area (Å²) < 4.78 is 42.1. The summed E-state index contributed by atoms with van der Waals surface area (Å²) in [7, 11) is -4.57. The number of carboxylic acids is 1. The molecule has 0 radical (unpaired) electrons. The van der Waals surface area contributed by atoms with Crippen molar-refractivity contribution < 1.29 is 42.1 Å². The number of rotatable bonds is 14. The van der Waals surface area contributed by atoms with Gasteiger partial charge in [-0.15, -0.1) is 0 Å². The molecule has 0 bridgehead atoms. The molecule has 0 unspecified atom stereocenters. The highest BCUT2D eigenvalue weighted by Crippen LogP contribution is 2.48. The van der Waals surface area contributed by atoms with Gasteiger partial charge in [0.15, 0.2) is 5.71 Å². The summed E-state index contributed by atoms with van der Waals surface area (Å²) in [6, 6.07) is 14.6. The summed E-state index contributed by atoms with van der Waals surface area (Å²) in [6.45, 7) is 11.9. The molecule has 0 aliphatic carbocycles. The molecule has 0 fully saturated rings. The van der Waals surface area contributed by atoms with Gasteiger partial charge >= 0.3 is 5.97 Å². The number of nitrogens with zero attached hydrogens (tertiary/aromatic N) is 2. The topological polar surface area (TPSA) is 142 Å². The molecule has 0 aromatic heterocycles. The maximum Gasteiger partial charge on any atom is 0.303 e. The van der Waals surface area contributed by atoms with Crippen LogP contribution in [0.2, 0.25) is 0 Å². The standard InChI is InChI=1S/C37H42N2O8S2/c1-6-38-30-21-18-27(49(43,44)45)24-29(30)36(2,3)32(38)13-9-7-10-14-33-37(4,5)35-28-19-17-26(48-47-46-42)23-25(28)16-20-31(35)39(33)22-12-8-11-15-34(40)41/h7,9-10,13-14,16-21,23-24H,6,8,11-12,15,22H2,1-5H3,(H2-,40,41,42,43,44,45)/p-1. The summed E-state index contributed by atoms with van der Waals surface area (Å²) in [4.78, 5) is 13.7. The first-order valence-corrected chi connectivity index (χ1v) is 18.4. The molecule has 3 aromatic carbocycles. The number of fused-ring (bicyclic) bond motifs is 4. The van der Waals surface area contributed by atoms with E-state index in [9.17, 15) is 23.0 Å². The molecule has 0 saturated carbocycles. The molecule has 260 valence electrons. The second-order valence-corrected chi connectivity index (χ2v) is 15.4. The van der Waals surface area contributed by atoms with Crippen LogP contribution in [0.1, 0.15) is 71.4 Å². The predicted octanol–water partition coefficient (Wildman–Crippen LogP) is 6.81. The Bertz CT molecular complexity index is 1990. The lowest BCUT2D eigenvalue weighted by Crippen LogP contribution is -2.28. The highest BCUT2D eigenvalue weighted by molar-refractivity contribution is 7.94. The summed E-state index contributed by atoms with van der Waals surface area (Å²) in [5, 5.41) is 25.0. The monoisotopic (exact) mass is 705 g/mol. The summed E-state index contributed by atoms with van der Waals surface area (Å²) in [5.74, 6) is -0.784. The van der Waals surface area contributed by atoms with E-state index in [1.54, 1.807) is 6.07 Å². The van der Waals surface area contributed by atoms with Gasteiger partial charge < -0.3 is 19.8 Å². The highest BCUT2D eigenvalue weighted by atomic mass is 32.2. The molecule has 0 atom stereocenters. The molecular formula is C37H41N2O8S2-. The summed E-state index contributed by atoms with van der Waals surface area (Å²) in [5.41, 5.74) is 5.19. The van der Waals surface area contributed by atoms with Gasteiger partial charge in [-0.25, -0.2) is 8.42 Å². The van der Waals surface area contributed by atoms with Gasteiger partial charge in [0.05, 0.1) is 22.4 Å². The van der Waals surface area contributed by atoms with E-state index in [4.69, 9.17) is 5.11 Å². The van der Waals surface area contributed by atoms with Crippen molar-refractivity contribution in [2.75, 3.05) is 18.0 Å². The number of allylic oxidation sites excluding steroid dienone is 6. The number of likely N-dealkylation sites (N-methyl/N-ethyl adjacent to an activating group) is 1. The minimum absolute atomic E-state index is 0.154. The normalized spacial score (nSPS) is 17.6. The van der Waals surface area contributed by atoms with E-state index in [1.165, 1.54) is 17.7 Å². The van der Waals surface area contributed by atoms with E-state index in [-0.39, 0.29) is 16.7 Å². The Morgan fingerprint density at radius 1 is 1.00 bits per heavy atom. The van der Waals surface area contributed by atoms with Crippen molar-refractivity contribution in [1.29, 1.82) is 0 Å². The number of carboxylic acid groups (broad SMARTS) is 1. The van der Waals surface area contributed by atoms with Crippen molar-refractivity contribution in [3.05, 3.63) is 95.7 Å². The Kier molecular flexibility index (Phi) is 10.9. The number of carbonyl (C=O) groups is 1. The maximum atomic E-state index is 11.7. The molecular weight excluding hydrogens is 665 g/mol. The van der Waals surface area contributed by atoms with Crippen LogP contribution in [0.25, 0.3) is 10.8 Å². The zero-order chi connectivity index (χ0) is 35.6. The smallest absolute Gasteiger partial charge is 0.303 e. The second kappa shape index (κ2) is 14.6. The Hall–Kier alpha value is -3.78. The summed E-state index contributed by atoms with van der Waals surface area (Å²) in [6.07, 6.45) is 12.5. The van der Waals surface area contributed by atoms with E-state index >= 15 is 0 Å². The first-order chi connectivity index (χ1) is 23.2. The molecule has 5 rings (SSSR count). The highest BCUT2D eigenvalue weighted by Gasteiger charge is 2.45. The molecule has 12 heteroatoms. The van der Waals surface area contributed by atoms with E-state index in [2.05, 4.69) is 50.9 Å². The predicted molar refractivity (Wildman–Crippen MR) is 188 cm³/mol. The average molecular weight is 706 g/mol. The van der Waals surface area contributed by atoms with Crippen LogP contribution in [-0.2, 0) is 35.1 Å². The lowest BCUT2D eigenvalue weighted by atomic mass is 9.79. The number of hydrogen-bond acceptors (Lipinski definition) is 9. The molecule has 2 heterocycles. The van der Waals surface area contributed by atoms with Crippen molar-refractivity contribution in [2.45, 2.75) is 80.9 Å². The van der Waals surface area contributed by atoms with E-state index < -0.39 is 21.5 Å². The second-order valence-electron chi connectivity index (χ2n) is 13.2. The minimum atomic E-state index is -4.57.